The summed E-state index contributed by atoms with van der Waals surface area (Å²) in [5.41, 5.74) is 18.8. The van der Waals surface area contributed by atoms with E-state index in [4.69, 9.17) is 30.4 Å². The number of benzene rings is 2. The Bertz CT molecular complexity index is 1990. The lowest BCUT2D eigenvalue weighted by atomic mass is 10.0. The molecule has 0 spiro atoms. The lowest BCUT2D eigenvalue weighted by molar-refractivity contribution is -0.0536. The second-order valence-electron chi connectivity index (χ2n) is 24.6. The molecule has 0 unspecified atom stereocenters. The van der Waals surface area contributed by atoms with Gasteiger partial charge in [0.25, 0.3) is 0 Å². The van der Waals surface area contributed by atoms with Crippen molar-refractivity contribution in [3.05, 3.63) is 107 Å². The number of aromatic nitrogens is 4. The molecule has 428 valence electrons. The Labute approximate surface area is 461 Å². The minimum absolute atomic E-state index is 0.0139. The van der Waals surface area contributed by atoms with Gasteiger partial charge in [0.1, 0.15) is 0 Å². The van der Waals surface area contributed by atoms with Crippen LogP contribution in [0.3, 0.4) is 0 Å². The average Bonchev–Trinajstić information content (AvgIpc) is 4.03. The van der Waals surface area contributed by atoms with Gasteiger partial charge in [-0.1, -0.05) is 104 Å². The Kier molecular flexibility index (Phi) is 27.1. The zero-order valence-corrected chi connectivity index (χ0v) is 49.9. The van der Waals surface area contributed by atoms with Crippen LogP contribution in [0, 0.1) is 23.7 Å². The van der Waals surface area contributed by atoms with E-state index in [1.807, 2.05) is 34.2 Å². The quantitative estimate of drug-likeness (QED) is 0.0986. The molecule has 4 aromatic rings. The highest BCUT2D eigenvalue weighted by molar-refractivity contribution is 5.25. The molecule has 8 atom stereocenters. The van der Waals surface area contributed by atoms with Crippen molar-refractivity contribution in [3.63, 3.8) is 0 Å². The van der Waals surface area contributed by atoms with Crippen LogP contribution in [-0.4, -0.2) is 169 Å². The molecule has 0 bridgehead atoms. The summed E-state index contributed by atoms with van der Waals surface area (Å²) < 4.78 is 32.1. The van der Waals surface area contributed by atoms with Crippen molar-refractivity contribution in [3.8, 4) is 0 Å². The van der Waals surface area contributed by atoms with E-state index in [2.05, 4.69) is 176 Å². The van der Waals surface area contributed by atoms with E-state index in [9.17, 15) is 0 Å². The van der Waals surface area contributed by atoms with Crippen LogP contribution < -0.4 is 11.5 Å². The number of hydrogen-bond donors (Lipinski definition) is 2. The summed E-state index contributed by atoms with van der Waals surface area (Å²) in [6.07, 6.45) is 13.6. The topological polar surface area (TPSA) is 138 Å². The Hall–Kier alpha value is -3.54. The predicted molar refractivity (Wildman–Crippen MR) is 313 cm³/mol. The van der Waals surface area contributed by atoms with Gasteiger partial charge in [-0.25, -0.2) is 0 Å². The summed E-state index contributed by atoms with van der Waals surface area (Å²) in [6.45, 7) is 31.4. The highest BCUT2D eigenvalue weighted by Gasteiger charge is 2.29. The first-order valence-electron chi connectivity index (χ1n) is 29.1. The normalized spacial score (nSPS) is 25.0. The summed E-state index contributed by atoms with van der Waals surface area (Å²) >= 11 is 0. The largest absolute Gasteiger partial charge is 0.376 e. The van der Waals surface area contributed by atoms with Crippen LogP contribution in [0.4, 0.5) is 0 Å². The van der Waals surface area contributed by atoms with E-state index in [0.717, 1.165) is 75.8 Å². The minimum Gasteiger partial charge on any atom is -0.376 e. The smallest absolute Gasteiger partial charge is 0.0743 e. The summed E-state index contributed by atoms with van der Waals surface area (Å²) in [5.74, 6) is 2.06. The number of nitrogens with zero attached hydrogens (tertiary/aromatic N) is 8. The van der Waals surface area contributed by atoms with Gasteiger partial charge in [-0.15, -0.1) is 0 Å². The molecule has 5 rings (SSSR count). The van der Waals surface area contributed by atoms with Crippen LogP contribution in [0.15, 0.2) is 73.3 Å². The van der Waals surface area contributed by atoms with Crippen LogP contribution in [0.1, 0.15) is 128 Å². The predicted octanol–water partition coefficient (Wildman–Crippen LogP) is 8.86. The van der Waals surface area contributed by atoms with Crippen molar-refractivity contribution < 1.29 is 18.9 Å². The molecule has 4 N–H and O–H groups in total. The van der Waals surface area contributed by atoms with E-state index in [1.165, 1.54) is 22.3 Å². The first kappa shape index (κ1) is 63.3. The molecule has 0 amide bonds. The van der Waals surface area contributed by atoms with Gasteiger partial charge in [-0.3, -0.25) is 29.0 Å². The van der Waals surface area contributed by atoms with Crippen molar-refractivity contribution in [1.29, 1.82) is 0 Å². The van der Waals surface area contributed by atoms with Crippen LogP contribution in [-0.2, 0) is 58.0 Å². The average molecular weight is 1060 g/mol. The van der Waals surface area contributed by atoms with Crippen molar-refractivity contribution >= 4 is 0 Å². The lowest BCUT2D eigenvalue weighted by Gasteiger charge is -2.37. The van der Waals surface area contributed by atoms with Crippen molar-refractivity contribution in [2.75, 3.05) is 80.8 Å². The van der Waals surface area contributed by atoms with Gasteiger partial charge in [0.05, 0.1) is 76.3 Å². The van der Waals surface area contributed by atoms with E-state index >= 15 is 0 Å². The molecular formula is C62H106N10O4. The molecule has 1 fully saturated rings. The van der Waals surface area contributed by atoms with Gasteiger partial charge in [-0.05, 0) is 126 Å². The molecule has 14 heteroatoms. The third kappa shape index (κ3) is 22.7. The zero-order valence-electron chi connectivity index (χ0n) is 49.9. The van der Waals surface area contributed by atoms with Gasteiger partial charge in [-0.2, -0.15) is 10.2 Å². The fourth-order valence-corrected chi connectivity index (χ4v) is 10.9. The molecule has 1 aliphatic rings. The van der Waals surface area contributed by atoms with Crippen LogP contribution in [0.2, 0.25) is 0 Å². The highest BCUT2D eigenvalue weighted by atomic mass is 16.5. The molecule has 0 saturated carbocycles. The summed E-state index contributed by atoms with van der Waals surface area (Å²) in [7, 11) is 9.07. The van der Waals surface area contributed by atoms with Gasteiger partial charge in [0.15, 0.2) is 0 Å². The van der Waals surface area contributed by atoms with Crippen molar-refractivity contribution in [2.45, 2.75) is 183 Å². The maximum Gasteiger partial charge on any atom is 0.0743 e. The van der Waals surface area contributed by atoms with E-state index in [0.29, 0.717) is 76.3 Å². The zero-order chi connectivity index (χ0) is 55.3. The van der Waals surface area contributed by atoms with Gasteiger partial charge < -0.3 is 30.4 Å². The highest BCUT2D eigenvalue weighted by Crippen LogP contribution is 2.22. The third-order valence-electron chi connectivity index (χ3n) is 15.2. The van der Waals surface area contributed by atoms with Gasteiger partial charge in [0, 0.05) is 87.0 Å². The Morgan fingerprint density at radius 1 is 0.434 bits per heavy atom. The maximum absolute atomic E-state index is 7.19. The van der Waals surface area contributed by atoms with E-state index in [-0.39, 0.29) is 48.6 Å². The summed E-state index contributed by atoms with van der Waals surface area (Å²) in [6, 6.07) is 19.0. The molecule has 2 aromatic heterocycles. The molecule has 14 nitrogen and oxygen atoms in total. The van der Waals surface area contributed by atoms with Crippen LogP contribution in [0.5, 0.6) is 0 Å². The van der Waals surface area contributed by atoms with Crippen LogP contribution in [0.25, 0.3) is 0 Å². The van der Waals surface area contributed by atoms with Crippen LogP contribution >= 0.6 is 0 Å². The Morgan fingerprint density at radius 3 is 1.01 bits per heavy atom. The second kappa shape index (κ2) is 32.5. The molecule has 3 heterocycles. The SMILES string of the molecule is CC(C)C[C@H]1CO[C@H](C)CN(C)[C@@H](CC(C)C)CO[C@H](Cc2ccc(Cn3cc(CN)cn3)cc2)CN(C)[C@@H](CC(C)C)CO[C@H](C)CN(C)[C@@H](CC(C)C)CO[C@H](Cc2ccc(Cn3cc(CN)cn3)cc2)CN1C. The fourth-order valence-electron chi connectivity index (χ4n) is 10.9. The molecule has 76 heavy (non-hydrogen) atoms. The third-order valence-corrected chi connectivity index (χ3v) is 15.2. The first-order valence-corrected chi connectivity index (χ1v) is 29.1. The minimum atomic E-state index is -0.0139. The number of ether oxygens (including phenoxy) is 4. The standard InChI is InChI=1S/C62H106N10O4/c1-45(2)23-57-41-73-49(9)33-67(11)60(26-48(7)8)44-76-62(28-52-17-21-54(22-18-52)36-72-38-56(30-64)32-66-72)40-70(14)58(24-46(3)4)42-74-50(10)34-68(12)59(25-47(5)6)43-75-61(39-69(57)13)27-51-15-19-53(20-16-51)35-71-37-55(29-63)31-65-71/h15-22,31-32,37-38,45-50,57-62H,23-30,33-36,39-44,63-64H2,1-14H3/t49-,50-,57+,58+,59+,60+,61-,62-/m1/s1. The van der Waals surface area contributed by atoms with Crippen molar-refractivity contribution in [2.24, 2.45) is 35.1 Å². The molecule has 0 radical (unpaired) electrons. The monoisotopic (exact) mass is 1050 g/mol. The molecule has 1 aliphatic heterocycles. The van der Waals surface area contributed by atoms with Crippen molar-refractivity contribution in [1.82, 2.24) is 39.2 Å². The maximum atomic E-state index is 7.19. The Balaban J connectivity index is 1.40. The number of hydrogen-bond acceptors (Lipinski definition) is 12. The molecule has 1 saturated heterocycles. The number of nitrogens with two attached hydrogens (primary N) is 2. The number of rotatable bonds is 18. The second-order valence-corrected chi connectivity index (χ2v) is 24.6. The summed E-state index contributed by atoms with van der Waals surface area (Å²) in [5, 5.41) is 9.04. The lowest BCUT2D eigenvalue weighted by Crippen LogP contribution is -2.47. The summed E-state index contributed by atoms with van der Waals surface area (Å²) in [4.78, 5) is 10.0. The molecule has 0 aliphatic carbocycles. The molecule has 2 aromatic carbocycles. The van der Waals surface area contributed by atoms with E-state index in [1.54, 1.807) is 0 Å². The molecular weight excluding hydrogens is 949 g/mol. The fraction of sp³-hybridized carbons (Fsp3) is 0.710. The van der Waals surface area contributed by atoms with Gasteiger partial charge in [0.2, 0.25) is 0 Å². The van der Waals surface area contributed by atoms with E-state index < -0.39 is 0 Å². The first-order chi connectivity index (χ1) is 36.2. The Morgan fingerprint density at radius 2 is 0.724 bits per heavy atom. The van der Waals surface area contributed by atoms with Gasteiger partial charge >= 0.3 is 0 Å². The number of likely N-dealkylation sites (N-methyl/N-ethyl adjacent to an activating group) is 4.